The summed E-state index contributed by atoms with van der Waals surface area (Å²) in [6, 6.07) is 19.9. The SMILES string of the molecule is C[C@@H](c1ccccc1)N1C[C@H](c2ccccc2)OC1=O. The first-order valence-electron chi connectivity index (χ1n) is 6.83. The summed E-state index contributed by atoms with van der Waals surface area (Å²) in [6.07, 6.45) is -0.412. The van der Waals surface area contributed by atoms with Crippen LogP contribution < -0.4 is 0 Å². The molecule has 2 atom stereocenters. The number of hydrogen-bond donors (Lipinski definition) is 0. The Labute approximate surface area is 118 Å². The van der Waals surface area contributed by atoms with Crippen LogP contribution in [0.4, 0.5) is 4.79 Å². The van der Waals surface area contributed by atoms with Crippen LogP contribution in [0.3, 0.4) is 0 Å². The lowest BCUT2D eigenvalue weighted by molar-refractivity contribution is 0.129. The predicted molar refractivity (Wildman–Crippen MR) is 77.2 cm³/mol. The van der Waals surface area contributed by atoms with Crippen LogP contribution in [0.1, 0.15) is 30.2 Å². The van der Waals surface area contributed by atoms with Crippen LogP contribution in [0.25, 0.3) is 0 Å². The number of ether oxygens (including phenoxy) is 1. The third kappa shape index (κ3) is 2.39. The highest BCUT2D eigenvalue weighted by Crippen LogP contribution is 2.32. The molecule has 3 rings (SSSR count). The molecular formula is C17H17NO2. The Morgan fingerprint density at radius 3 is 2.30 bits per heavy atom. The zero-order chi connectivity index (χ0) is 13.9. The third-order valence-electron chi connectivity index (χ3n) is 3.76. The number of cyclic esters (lactones) is 1. The van der Waals surface area contributed by atoms with Crippen LogP contribution in [-0.4, -0.2) is 17.5 Å². The molecule has 0 spiro atoms. The highest BCUT2D eigenvalue weighted by atomic mass is 16.6. The first kappa shape index (κ1) is 12.7. The lowest BCUT2D eigenvalue weighted by Gasteiger charge is -2.22. The summed E-state index contributed by atoms with van der Waals surface area (Å²) in [7, 11) is 0. The van der Waals surface area contributed by atoms with Gasteiger partial charge in [0.1, 0.15) is 6.10 Å². The zero-order valence-electron chi connectivity index (χ0n) is 11.4. The maximum Gasteiger partial charge on any atom is 0.411 e. The fourth-order valence-electron chi connectivity index (χ4n) is 2.55. The average Bonchev–Trinajstić information content (AvgIpc) is 2.90. The summed E-state index contributed by atoms with van der Waals surface area (Å²) in [5.74, 6) is 0. The minimum Gasteiger partial charge on any atom is -0.439 e. The maximum atomic E-state index is 12.1. The summed E-state index contributed by atoms with van der Waals surface area (Å²) >= 11 is 0. The van der Waals surface area contributed by atoms with Crippen molar-refractivity contribution in [3.63, 3.8) is 0 Å². The summed E-state index contributed by atoms with van der Waals surface area (Å²) < 4.78 is 5.49. The molecular weight excluding hydrogens is 250 g/mol. The van der Waals surface area contributed by atoms with Crippen LogP contribution in [-0.2, 0) is 4.74 Å². The van der Waals surface area contributed by atoms with Gasteiger partial charge in [-0.2, -0.15) is 0 Å². The second-order valence-electron chi connectivity index (χ2n) is 5.02. The molecule has 0 radical (unpaired) electrons. The van der Waals surface area contributed by atoms with Gasteiger partial charge in [0.25, 0.3) is 0 Å². The van der Waals surface area contributed by atoms with E-state index in [1.165, 1.54) is 0 Å². The molecule has 3 heteroatoms. The highest BCUT2D eigenvalue weighted by molar-refractivity contribution is 5.71. The van der Waals surface area contributed by atoms with Crippen molar-refractivity contribution in [1.29, 1.82) is 0 Å². The smallest absolute Gasteiger partial charge is 0.411 e. The van der Waals surface area contributed by atoms with E-state index in [1.807, 2.05) is 67.6 Å². The maximum absolute atomic E-state index is 12.1. The fourth-order valence-corrected chi connectivity index (χ4v) is 2.55. The third-order valence-corrected chi connectivity index (χ3v) is 3.76. The van der Waals surface area contributed by atoms with Gasteiger partial charge in [0, 0.05) is 0 Å². The van der Waals surface area contributed by atoms with Gasteiger partial charge in [0.2, 0.25) is 0 Å². The number of carbonyl (C=O) groups is 1. The van der Waals surface area contributed by atoms with Gasteiger partial charge in [-0.15, -0.1) is 0 Å². The van der Waals surface area contributed by atoms with Crippen LogP contribution in [0.2, 0.25) is 0 Å². The number of amides is 1. The molecule has 2 aromatic rings. The zero-order valence-corrected chi connectivity index (χ0v) is 11.4. The van der Waals surface area contributed by atoms with Gasteiger partial charge in [-0.3, -0.25) is 4.90 Å². The molecule has 0 bridgehead atoms. The van der Waals surface area contributed by atoms with Crippen molar-refractivity contribution in [2.24, 2.45) is 0 Å². The molecule has 0 unspecified atom stereocenters. The molecule has 2 aromatic carbocycles. The molecule has 1 aliphatic rings. The lowest BCUT2D eigenvalue weighted by atomic mass is 10.1. The molecule has 3 nitrogen and oxygen atoms in total. The van der Waals surface area contributed by atoms with E-state index in [0.29, 0.717) is 6.54 Å². The molecule has 1 saturated heterocycles. The first-order chi connectivity index (χ1) is 9.75. The van der Waals surface area contributed by atoms with Crippen molar-refractivity contribution in [2.45, 2.75) is 19.1 Å². The normalized spacial score (nSPS) is 19.8. The van der Waals surface area contributed by atoms with Crippen LogP contribution in [0, 0.1) is 0 Å². The van der Waals surface area contributed by atoms with E-state index >= 15 is 0 Å². The van der Waals surface area contributed by atoms with Crippen molar-refractivity contribution < 1.29 is 9.53 Å². The minimum atomic E-state index is -0.241. The summed E-state index contributed by atoms with van der Waals surface area (Å²) in [5.41, 5.74) is 2.17. The van der Waals surface area contributed by atoms with E-state index < -0.39 is 0 Å². The van der Waals surface area contributed by atoms with Gasteiger partial charge in [0.15, 0.2) is 0 Å². The average molecular weight is 267 g/mol. The van der Waals surface area contributed by atoms with Gasteiger partial charge in [-0.1, -0.05) is 60.7 Å². The van der Waals surface area contributed by atoms with Gasteiger partial charge in [-0.25, -0.2) is 4.79 Å². The molecule has 0 aliphatic carbocycles. The van der Waals surface area contributed by atoms with Crippen molar-refractivity contribution in [1.82, 2.24) is 4.90 Å². The van der Waals surface area contributed by atoms with E-state index in [2.05, 4.69) is 0 Å². The number of rotatable bonds is 3. The molecule has 102 valence electrons. The Kier molecular flexibility index (Phi) is 3.42. The topological polar surface area (TPSA) is 29.5 Å². The number of nitrogens with zero attached hydrogens (tertiary/aromatic N) is 1. The van der Waals surface area contributed by atoms with Crippen molar-refractivity contribution in [2.75, 3.05) is 6.54 Å². The summed E-state index contributed by atoms with van der Waals surface area (Å²) in [6.45, 7) is 2.63. The van der Waals surface area contributed by atoms with E-state index in [9.17, 15) is 4.79 Å². The van der Waals surface area contributed by atoms with E-state index in [1.54, 1.807) is 4.90 Å². The predicted octanol–water partition coefficient (Wildman–Crippen LogP) is 3.94. The molecule has 20 heavy (non-hydrogen) atoms. The minimum absolute atomic E-state index is 0.0254. The van der Waals surface area contributed by atoms with Crippen molar-refractivity contribution in [3.05, 3.63) is 71.8 Å². The monoisotopic (exact) mass is 267 g/mol. The standard InChI is InChI=1S/C17H17NO2/c1-13(14-8-4-2-5-9-14)18-12-16(20-17(18)19)15-10-6-3-7-11-15/h2-11,13,16H,12H2,1H3/t13-,16+/m0/s1. The van der Waals surface area contributed by atoms with Crippen LogP contribution in [0.5, 0.6) is 0 Å². The Morgan fingerprint density at radius 1 is 1.05 bits per heavy atom. The molecule has 1 aliphatic heterocycles. The highest BCUT2D eigenvalue weighted by Gasteiger charge is 2.35. The molecule has 1 amide bonds. The molecule has 0 N–H and O–H groups in total. The Morgan fingerprint density at radius 2 is 1.65 bits per heavy atom. The van der Waals surface area contributed by atoms with Gasteiger partial charge in [0.05, 0.1) is 12.6 Å². The quantitative estimate of drug-likeness (QED) is 0.843. The Hall–Kier alpha value is -2.29. The number of carbonyl (C=O) groups excluding carboxylic acids is 1. The molecule has 1 fully saturated rings. The largest absolute Gasteiger partial charge is 0.439 e. The fraction of sp³-hybridized carbons (Fsp3) is 0.235. The number of benzene rings is 2. The van der Waals surface area contributed by atoms with E-state index in [4.69, 9.17) is 4.74 Å². The van der Waals surface area contributed by atoms with Crippen molar-refractivity contribution >= 4 is 6.09 Å². The van der Waals surface area contributed by atoms with E-state index in [-0.39, 0.29) is 18.2 Å². The molecule has 0 aromatic heterocycles. The summed E-state index contributed by atoms with van der Waals surface area (Å²) in [4.78, 5) is 13.9. The van der Waals surface area contributed by atoms with Crippen molar-refractivity contribution in [3.8, 4) is 0 Å². The Balaban J connectivity index is 1.78. The van der Waals surface area contributed by atoms with E-state index in [0.717, 1.165) is 11.1 Å². The first-order valence-corrected chi connectivity index (χ1v) is 6.83. The lowest BCUT2D eigenvalue weighted by Crippen LogP contribution is -2.27. The van der Waals surface area contributed by atoms with Gasteiger partial charge in [-0.05, 0) is 18.1 Å². The molecule has 1 heterocycles. The second kappa shape index (κ2) is 5.37. The van der Waals surface area contributed by atoms with Gasteiger partial charge < -0.3 is 4.74 Å². The summed E-state index contributed by atoms with van der Waals surface area (Å²) in [5, 5.41) is 0. The van der Waals surface area contributed by atoms with Crippen LogP contribution >= 0.6 is 0 Å². The Bertz CT molecular complexity index is 582. The second-order valence-corrected chi connectivity index (χ2v) is 5.02. The number of hydrogen-bond acceptors (Lipinski definition) is 2. The molecule has 0 saturated carbocycles. The van der Waals surface area contributed by atoms with Gasteiger partial charge >= 0.3 is 6.09 Å². The van der Waals surface area contributed by atoms with Crippen LogP contribution in [0.15, 0.2) is 60.7 Å².